The van der Waals surface area contributed by atoms with Crippen molar-refractivity contribution < 1.29 is 33.4 Å². The Morgan fingerprint density at radius 1 is 0.927 bits per heavy atom. The molecule has 2 aromatic carbocycles. The second kappa shape index (κ2) is 14.3. The molecule has 1 aliphatic heterocycles. The minimum absolute atomic E-state index is 0. The van der Waals surface area contributed by atoms with E-state index in [-0.39, 0.29) is 23.9 Å². The molecule has 1 fully saturated rings. The van der Waals surface area contributed by atoms with Crippen LogP contribution in [-0.4, -0.2) is 66.4 Å². The number of hydrazine groups is 1. The number of halogens is 1. The lowest BCUT2D eigenvalue weighted by Gasteiger charge is -2.41. The van der Waals surface area contributed by atoms with Crippen LogP contribution in [0.5, 0.6) is 5.75 Å². The molecule has 0 atom stereocenters. The van der Waals surface area contributed by atoms with Crippen molar-refractivity contribution in [3.63, 3.8) is 0 Å². The summed E-state index contributed by atoms with van der Waals surface area (Å²) in [5.41, 5.74) is 1.60. The van der Waals surface area contributed by atoms with Crippen LogP contribution in [0.4, 0.5) is 4.79 Å². The fourth-order valence-electron chi connectivity index (χ4n) is 4.73. The van der Waals surface area contributed by atoms with Crippen LogP contribution in [0.15, 0.2) is 36.4 Å². The molecule has 3 amide bonds. The second-order valence-electron chi connectivity index (χ2n) is 10.9. The van der Waals surface area contributed by atoms with Crippen LogP contribution < -0.4 is 10.1 Å². The fourth-order valence-corrected chi connectivity index (χ4v) is 4.73. The summed E-state index contributed by atoms with van der Waals surface area (Å²) in [6.45, 7) is 11.2. The summed E-state index contributed by atoms with van der Waals surface area (Å²) in [5, 5.41) is 4.94. The zero-order valence-electron chi connectivity index (χ0n) is 24.7. The summed E-state index contributed by atoms with van der Waals surface area (Å²) in [6, 6.07) is 10.2. The highest BCUT2D eigenvalue weighted by Gasteiger charge is 2.41. The minimum Gasteiger partial charge on any atom is -0.496 e. The van der Waals surface area contributed by atoms with Crippen LogP contribution in [-0.2, 0) is 14.3 Å². The number of benzene rings is 2. The number of amides is 3. The van der Waals surface area contributed by atoms with Crippen LogP contribution in [0.25, 0.3) is 0 Å². The summed E-state index contributed by atoms with van der Waals surface area (Å²) in [6.07, 6.45) is 0.0849. The van der Waals surface area contributed by atoms with Gasteiger partial charge in [-0.1, -0.05) is 23.3 Å². The second-order valence-corrected chi connectivity index (χ2v) is 10.9. The molecule has 0 radical (unpaired) electrons. The zero-order chi connectivity index (χ0) is 29.6. The number of carbonyl (C=O) groups excluding carboxylic acids is 4. The Balaban J connectivity index is 0.00000588. The van der Waals surface area contributed by atoms with Crippen molar-refractivity contribution in [3.8, 4) is 5.75 Å². The molecule has 10 nitrogen and oxygen atoms in total. The van der Waals surface area contributed by atoms with Gasteiger partial charge in [0, 0.05) is 16.7 Å². The molecule has 11 heteroatoms. The van der Waals surface area contributed by atoms with Crippen molar-refractivity contribution >= 4 is 36.3 Å². The van der Waals surface area contributed by atoms with Gasteiger partial charge in [0.1, 0.15) is 5.75 Å². The molecular formula is C30H40ClN3O7. The SMILES string of the molecule is COc1cccc(C(=O)N(C(=O)OCOC(=O)C2CCNCC2)N(C(=O)c2cc(C)cc(C)c2)C(C)(C)C)c1C.Cl. The maximum absolute atomic E-state index is 14.0. The van der Waals surface area contributed by atoms with Gasteiger partial charge in [0.15, 0.2) is 0 Å². The number of aryl methyl sites for hydroxylation is 2. The maximum Gasteiger partial charge on any atom is 0.439 e. The van der Waals surface area contributed by atoms with Crippen LogP contribution in [0.1, 0.15) is 71.0 Å². The van der Waals surface area contributed by atoms with Crippen molar-refractivity contribution in [1.82, 2.24) is 15.3 Å². The Labute approximate surface area is 247 Å². The molecule has 0 bridgehead atoms. The molecule has 0 unspecified atom stereocenters. The number of rotatable bonds is 6. The van der Waals surface area contributed by atoms with Gasteiger partial charge in [0.25, 0.3) is 11.8 Å². The minimum atomic E-state index is -1.15. The Morgan fingerprint density at radius 2 is 1.54 bits per heavy atom. The highest BCUT2D eigenvalue weighted by atomic mass is 35.5. The van der Waals surface area contributed by atoms with Gasteiger partial charge in [0.05, 0.1) is 18.6 Å². The number of carbonyl (C=O) groups is 4. The Bertz CT molecular complexity index is 1250. The average Bonchev–Trinajstić information content (AvgIpc) is 2.90. The molecule has 2 aromatic rings. The molecule has 224 valence electrons. The number of ether oxygens (including phenoxy) is 3. The third-order valence-electron chi connectivity index (χ3n) is 6.65. The van der Waals surface area contributed by atoms with Gasteiger partial charge in [-0.3, -0.25) is 14.4 Å². The monoisotopic (exact) mass is 589 g/mol. The van der Waals surface area contributed by atoms with E-state index in [1.807, 2.05) is 19.9 Å². The molecular weight excluding hydrogens is 550 g/mol. The molecule has 3 rings (SSSR count). The number of esters is 1. The lowest BCUT2D eigenvalue weighted by Crippen LogP contribution is -2.60. The van der Waals surface area contributed by atoms with E-state index in [1.54, 1.807) is 58.0 Å². The predicted octanol–water partition coefficient (Wildman–Crippen LogP) is 4.98. The third-order valence-corrected chi connectivity index (χ3v) is 6.65. The summed E-state index contributed by atoms with van der Waals surface area (Å²) in [5.74, 6) is -1.70. The van der Waals surface area contributed by atoms with Gasteiger partial charge in [-0.05, 0) is 91.7 Å². The van der Waals surface area contributed by atoms with Gasteiger partial charge < -0.3 is 19.5 Å². The average molecular weight is 590 g/mol. The Kier molecular flexibility index (Phi) is 11.7. The van der Waals surface area contributed by atoms with Gasteiger partial charge in [-0.25, -0.2) is 9.80 Å². The molecule has 0 aliphatic carbocycles. The summed E-state index contributed by atoms with van der Waals surface area (Å²) >= 11 is 0. The first-order chi connectivity index (χ1) is 18.8. The first-order valence-electron chi connectivity index (χ1n) is 13.3. The zero-order valence-corrected chi connectivity index (χ0v) is 25.6. The van der Waals surface area contributed by atoms with E-state index >= 15 is 0 Å². The Hall–Kier alpha value is -3.63. The topological polar surface area (TPSA) is 114 Å². The largest absolute Gasteiger partial charge is 0.496 e. The number of piperidine rings is 1. The number of nitrogens with one attached hydrogen (secondary N) is 1. The standard InChI is InChI=1S/C30H39N3O7.ClH/c1-19-15-20(2)17-23(16-19)26(34)33(30(4,5)6)32(27(35)24-9-8-10-25(38-7)21(24)3)29(37)40-18-39-28(36)22-11-13-31-14-12-22;/h8-10,15-17,22,31H,11-14,18H2,1-7H3;1H. The molecule has 1 heterocycles. The summed E-state index contributed by atoms with van der Waals surface area (Å²) < 4.78 is 15.9. The van der Waals surface area contributed by atoms with E-state index in [4.69, 9.17) is 14.2 Å². The predicted molar refractivity (Wildman–Crippen MR) is 156 cm³/mol. The first kappa shape index (κ1) is 33.6. The van der Waals surface area contributed by atoms with Crippen molar-refractivity contribution in [1.29, 1.82) is 0 Å². The normalized spacial score (nSPS) is 13.4. The van der Waals surface area contributed by atoms with Gasteiger partial charge in [-0.2, -0.15) is 0 Å². The smallest absolute Gasteiger partial charge is 0.439 e. The molecule has 1 saturated heterocycles. The molecule has 0 aromatic heterocycles. The molecule has 1 aliphatic rings. The van der Waals surface area contributed by atoms with E-state index in [2.05, 4.69) is 5.32 Å². The van der Waals surface area contributed by atoms with E-state index in [0.717, 1.165) is 16.1 Å². The molecule has 41 heavy (non-hydrogen) atoms. The van der Waals surface area contributed by atoms with Gasteiger partial charge in [0.2, 0.25) is 6.79 Å². The molecule has 1 N–H and O–H groups in total. The number of methoxy groups -OCH3 is 1. The maximum atomic E-state index is 14.0. The first-order valence-corrected chi connectivity index (χ1v) is 13.3. The van der Waals surface area contributed by atoms with Crippen molar-refractivity contribution in [2.75, 3.05) is 27.0 Å². The highest BCUT2D eigenvalue weighted by molar-refractivity contribution is 6.07. The van der Waals surface area contributed by atoms with Gasteiger partial charge >= 0.3 is 12.1 Å². The van der Waals surface area contributed by atoms with Gasteiger partial charge in [-0.15, -0.1) is 17.4 Å². The number of hydrogen-bond acceptors (Lipinski definition) is 8. The van der Waals surface area contributed by atoms with E-state index in [0.29, 0.717) is 47.8 Å². The van der Waals surface area contributed by atoms with Crippen molar-refractivity contribution in [2.45, 2.75) is 59.9 Å². The summed E-state index contributed by atoms with van der Waals surface area (Å²) in [7, 11) is 1.48. The highest BCUT2D eigenvalue weighted by Crippen LogP contribution is 2.28. The third kappa shape index (κ3) is 8.20. The van der Waals surface area contributed by atoms with E-state index < -0.39 is 36.2 Å². The van der Waals surface area contributed by atoms with E-state index in [9.17, 15) is 19.2 Å². The van der Waals surface area contributed by atoms with Crippen LogP contribution >= 0.6 is 12.4 Å². The fraction of sp³-hybridized carbons (Fsp3) is 0.467. The number of nitrogens with zero attached hydrogens (tertiary/aromatic N) is 2. The quantitative estimate of drug-likeness (QED) is 0.285. The number of hydrogen-bond donors (Lipinski definition) is 1. The van der Waals surface area contributed by atoms with Crippen LogP contribution in [0, 0.1) is 26.7 Å². The Morgan fingerprint density at radius 3 is 2.10 bits per heavy atom. The van der Waals surface area contributed by atoms with Crippen LogP contribution in [0.2, 0.25) is 0 Å². The van der Waals surface area contributed by atoms with Crippen molar-refractivity contribution in [2.24, 2.45) is 5.92 Å². The number of imide groups is 1. The molecule has 0 spiro atoms. The lowest BCUT2D eigenvalue weighted by atomic mass is 9.99. The molecule has 0 saturated carbocycles. The van der Waals surface area contributed by atoms with Crippen molar-refractivity contribution in [3.05, 3.63) is 64.2 Å². The van der Waals surface area contributed by atoms with Crippen LogP contribution in [0.3, 0.4) is 0 Å². The van der Waals surface area contributed by atoms with E-state index in [1.165, 1.54) is 7.11 Å². The lowest BCUT2D eigenvalue weighted by molar-refractivity contribution is -0.159. The summed E-state index contributed by atoms with van der Waals surface area (Å²) in [4.78, 5) is 54.1.